The van der Waals surface area contributed by atoms with Crippen molar-refractivity contribution in [2.75, 3.05) is 6.79 Å². The molecule has 240 valence electrons. The van der Waals surface area contributed by atoms with E-state index in [0.717, 1.165) is 38.5 Å². The first kappa shape index (κ1) is 38.8. The van der Waals surface area contributed by atoms with Crippen LogP contribution in [0.25, 0.3) is 0 Å². The molecule has 0 spiro atoms. The van der Waals surface area contributed by atoms with Gasteiger partial charge >= 0.3 is 23.9 Å². The predicted molar refractivity (Wildman–Crippen MR) is 155 cm³/mol. The Morgan fingerprint density at radius 3 is 1.22 bits per heavy atom. The lowest BCUT2D eigenvalue weighted by molar-refractivity contribution is -0.167. The maximum Gasteiger partial charge on any atom is 0.308 e. The summed E-state index contributed by atoms with van der Waals surface area (Å²) >= 11 is 0. The third-order valence-corrected chi connectivity index (χ3v) is 6.89. The van der Waals surface area contributed by atoms with Crippen molar-refractivity contribution in [3.8, 4) is 0 Å². The molecule has 10 nitrogen and oxygen atoms in total. The zero-order valence-corrected chi connectivity index (χ0v) is 25.9. The number of aliphatic hydroxyl groups excluding tert-OH is 2. The van der Waals surface area contributed by atoms with E-state index in [1.807, 2.05) is 0 Å². The Kier molecular flexibility index (Phi) is 24.1. The molecule has 0 amide bonds. The zero-order chi connectivity index (χ0) is 30.9. The predicted octanol–water partition coefficient (Wildman–Crippen LogP) is 5.68. The molecule has 0 aromatic heterocycles. The average molecular weight is 589 g/mol. The topological polar surface area (TPSA) is 146 Å². The minimum atomic E-state index is -0.779. The minimum Gasteiger partial charge on any atom is -0.460 e. The van der Waals surface area contributed by atoms with Gasteiger partial charge in [0.25, 0.3) is 0 Å². The largest absolute Gasteiger partial charge is 0.460 e. The maximum atomic E-state index is 11.9. The molecule has 0 aromatic carbocycles. The van der Waals surface area contributed by atoms with E-state index in [1.165, 1.54) is 0 Å². The van der Waals surface area contributed by atoms with Crippen LogP contribution in [0, 0.1) is 0 Å². The smallest absolute Gasteiger partial charge is 0.308 e. The van der Waals surface area contributed by atoms with Crippen molar-refractivity contribution < 1.29 is 48.3 Å². The van der Waals surface area contributed by atoms with E-state index in [1.54, 1.807) is 13.8 Å². The van der Waals surface area contributed by atoms with E-state index >= 15 is 0 Å². The monoisotopic (exact) mass is 588 g/mol. The zero-order valence-electron chi connectivity index (χ0n) is 25.9. The summed E-state index contributed by atoms with van der Waals surface area (Å²) in [6, 6.07) is 0. The lowest BCUT2D eigenvalue weighted by atomic mass is 10.0. The molecule has 2 N–H and O–H groups in total. The number of aliphatic hydroxyl groups is 2. The Labute approximate surface area is 246 Å². The number of carbonyl (C=O) groups excluding carboxylic acids is 4. The molecule has 10 heteroatoms. The van der Waals surface area contributed by atoms with Gasteiger partial charge in [-0.2, -0.15) is 0 Å². The van der Waals surface area contributed by atoms with Gasteiger partial charge in [-0.25, -0.2) is 0 Å². The second-order valence-corrected chi connectivity index (χ2v) is 10.5. The van der Waals surface area contributed by atoms with E-state index in [0.29, 0.717) is 51.4 Å². The lowest BCUT2D eigenvalue weighted by Crippen LogP contribution is -2.31. The van der Waals surface area contributed by atoms with Gasteiger partial charge in [0, 0.05) is 25.7 Å². The van der Waals surface area contributed by atoms with Crippen LogP contribution in [0.5, 0.6) is 0 Å². The minimum absolute atomic E-state index is 0.124. The summed E-state index contributed by atoms with van der Waals surface area (Å²) in [5, 5.41) is 20.9. The molecule has 0 bridgehead atoms. The third-order valence-electron chi connectivity index (χ3n) is 6.89. The van der Waals surface area contributed by atoms with Crippen LogP contribution in [0.4, 0.5) is 0 Å². The van der Waals surface area contributed by atoms with E-state index < -0.39 is 43.1 Å². The molecular formula is C31H56O10. The molecule has 0 fully saturated rings. The van der Waals surface area contributed by atoms with Gasteiger partial charge in [-0.15, -0.1) is 0 Å². The summed E-state index contributed by atoms with van der Waals surface area (Å²) in [5.74, 6) is -1.66. The van der Waals surface area contributed by atoms with Gasteiger partial charge in [0.1, 0.15) is 12.2 Å². The number of ether oxygens (including phenoxy) is 4. The Morgan fingerprint density at radius 1 is 0.512 bits per heavy atom. The summed E-state index contributed by atoms with van der Waals surface area (Å²) in [6.45, 7) is 7.14. The fourth-order valence-electron chi connectivity index (χ4n) is 4.28. The Bertz CT molecular complexity index is 653. The second-order valence-electron chi connectivity index (χ2n) is 10.5. The number of hydrogen-bond acceptors (Lipinski definition) is 10. The van der Waals surface area contributed by atoms with Crippen molar-refractivity contribution in [3.05, 3.63) is 0 Å². The molecular weight excluding hydrogens is 532 g/mol. The highest BCUT2D eigenvalue weighted by Gasteiger charge is 2.23. The number of unbranched alkanes of at least 4 members (excludes halogenated alkanes) is 6. The van der Waals surface area contributed by atoms with Crippen molar-refractivity contribution in [1.29, 1.82) is 0 Å². The molecule has 4 unspecified atom stereocenters. The van der Waals surface area contributed by atoms with Crippen LogP contribution in [-0.2, 0) is 38.1 Å². The first-order chi connectivity index (χ1) is 19.7. The Hall–Kier alpha value is -2.20. The molecule has 0 saturated heterocycles. The van der Waals surface area contributed by atoms with Gasteiger partial charge in [0.05, 0.1) is 12.2 Å². The average Bonchev–Trinajstić information content (AvgIpc) is 2.96. The van der Waals surface area contributed by atoms with Crippen molar-refractivity contribution in [2.24, 2.45) is 0 Å². The van der Waals surface area contributed by atoms with Gasteiger partial charge in [0.15, 0.2) is 0 Å². The molecule has 0 aliphatic heterocycles. The van der Waals surface area contributed by atoms with Gasteiger partial charge in [-0.1, -0.05) is 66.2 Å². The quantitative estimate of drug-likeness (QED) is 0.0560. The highest BCUT2D eigenvalue weighted by Crippen LogP contribution is 2.18. The van der Waals surface area contributed by atoms with Gasteiger partial charge < -0.3 is 29.2 Å². The van der Waals surface area contributed by atoms with Gasteiger partial charge in [0.2, 0.25) is 6.79 Å². The molecule has 4 atom stereocenters. The molecule has 0 rings (SSSR count). The number of carbonyl (C=O) groups is 4. The standard InChI is InChI=1S/C31H56O10/c1-5-9-11-19-26(40-28(34)7-3)24(32)17-13-15-21-30(36)38-23-39-31(37)22-16-14-18-25(33)27(20-12-10-6-2)41-29(35)8-4/h24-27,32-33H,5-23H2,1-4H3. The number of rotatable bonds is 26. The van der Waals surface area contributed by atoms with Crippen LogP contribution < -0.4 is 0 Å². The fourth-order valence-corrected chi connectivity index (χ4v) is 4.28. The Morgan fingerprint density at radius 2 is 0.878 bits per heavy atom. The van der Waals surface area contributed by atoms with Crippen LogP contribution in [0.1, 0.15) is 143 Å². The van der Waals surface area contributed by atoms with E-state index in [4.69, 9.17) is 18.9 Å². The van der Waals surface area contributed by atoms with E-state index in [-0.39, 0.29) is 37.6 Å². The van der Waals surface area contributed by atoms with Crippen molar-refractivity contribution in [3.63, 3.8) is 0 Å². The van der Waals surface area contributed by atoms with Crippen molar-refractivity contribution >= 4 is 23.9 Å². The number of hydrogen-bond donors (Lipinski definition) is 2. The molecule has 0 aliphatic rings. The van der Waals surface area contributed by atoms with Crippen LogP contribution in [0.15, 0.2) is 0 Å². The highest BCUT2D eigenvalue weighted by molar-refractivity contribution is 5.71. The Balaban J connectivity index is 4.13. The molecule has 0 aliphatic carbocycles. The maximum absolute atomic E-state index is 11.9. The lowest BCUT2D eigenvalue weighted by Gasteiger charge is -2.23. The molecule has 41 heavy (non-hydrogen) atoms. The third kappa shape index (κ3) is 21.2. The summed E-state index contributed by atoms with van der Waals surface area (Å²) < 4.78 is 20.7. The van der Waals surface area contributed by atoms with Gasteiger partial charge in [-0.3, -0.25) is 19.2 Å². The van der Waals surface area contributed by atoms with E-state index in [2.05, 4.69) is 13.8 Å². The number of esters is 4. The van der Waals surface area contributed by atoms with E-state index in [9.17, 15) is 29.4 Å². The molecule has 0 heterocycles. The fraction of sp³-hybridized carbons (Fsp3) is 0.871. The SMILES string of the molecule is CCCCCC(OC(=O)CC)C(O)CCCCC(=O)OCOC(=O)CCCCC(O)C(CCCCC)OC(=O)CC. The van der Waals surface area contributed by atoms with Crippen molar-refractivity contribution in [1.82, 2.24) is 0 Å². The summed E-state index contributed by atoms with van der Waals surface area (Å²) in [6.07, 6.45) is 8.11. The van der Waals surface area contributed by atoms with Gasteiger partial charge in [-0.05, 0) is 51.4 Å². The highest BCUT2D eigenvalue weighted by atomic mass is 16.7. The van der Waals surface area contributed by atoms with Crippen LogP contribution >= 0.6 is 0 Å². The molecule has 0 saturated carbocycles. The summed E-state index contributed by atoms with van der Waals surface area (Å²) in [5.41, 5.74) is 0. The van der Waals surface area contributed by atoms with Crippen molar-refractivity contribution in [2.45, 2.75) is 168 Å². The van der Waals surface area contributed by atoms with Crippen LogP contribution in [0.2, 0.25) is 0 Å². The molecule has 0 radical (unpaired) electrons. The summed E-state index contributed by atoms with van der Waals surface area (Å²) in [4.78, 5) is 47.2. The first-order valence-corrected chi connectivity index (χ1v) is 15.7. The van der Waals surface area contributed by atoms with Crippen LogP contribution in [-0.4, -0.2) is 65.3 Å². The van der Waals surface area contributed by atoms with Crippen LogP contribution in [0.3, 0.4) is 0 Å². The normalized spacial score (nSPS) is 14.0. The second kappa shape index (κ2) is 25.5. The first-order valence-electron chi connectivity index (χ1n) is 15.7. The molecule has 0 aromatic rings. The summed E-state index contributed by atoms with van der Waals surface area (Å²) in [7, 11) is 0.